The van der Waals surface area contributed by atoms with Crippen LogP contribution in [0.15, 0.2) is 24.3 Å². The number of nitrogens with zero attached hydrogens (tertiary/aromatic N) is 2. The Hall–Kier alpha value is -1.13. The first-order valence-electron chi connectivity index (χ1n) is 7.15. The average Bonchev–Trinajstić information content (AvgIpc) is 3.37. The molecule has 3 nitrogen and oxygen atoms in total. The average molecular weight is 306 g/mol. The Morgan fingerprint density at radius 2 is 1.90 bits per heavy atom. The van der Waals surface area contributed by atoms with Crippen molar-refractivity contribution in [2.24, 2.45) is 5.92 Å². The van der Waals surface area contributed by atoms with Crippen LogP contribution in [0.2, 0.25) is 5.02 Å². The van der Waals surface area contributed by atoms with Crippen molar-refractivity contribution in [3.8, 4) is 0 Å². The highest BCUT2D eigenvalue weighted by atomic mass is 35.5. The molecular weight excluding hydrogens is 290 g/mol. The summed E-state index contributed by atoms with van der Waals surface area (Å²) in [6.45, 7) is 0. The zero-order valence-electron chi connectivity index (χ0n) is 11.1. The van der Waals surface area contributed by atoms with Crippen LogP contribution in [0.3, 0.4) is 0 Å². The SMILES string of the molecule is Clc1ccc(C(Nc2nc(C3CC3)ns2)C2CC2)cc1. The topological polar surface area (TPSA) is 37.8 Å². The van der Waals surface area contributed by atoms with Gasteiger partial charge in [-0.15, -0.1) is 0 Å². The summed E-state index contributed by atoms with van der Waals surface area (Å²) in [6.07, 6.45) is 5.07. The third kappa shape index (κ3) is 2.67. The fourth-order valence-electron chi connectivity index (χ4n) is 2.51. The molecule has 20 heavy (non-hydrogen) atoms. The Morgan fingerprint density at radius 1 is 1.15 bits per heavy atom. The van der Waals surface area contributed by atoms with Gasteiger partial charge in [-0.1, -0.05) is 23.7 Å². The highest BCUT2D eigenvalue weighted by Crippen LogP contribution is 2.44. The third-order valence-electron chi connectivity index (χ3n) is 3.99. The van der Waals surface area contributed by atoms with Crippen LogP contribution in [-0.4, -0.2) is 9.36 Å². The largest absolute Gasteiger partial charge is 0.353 e. The second-order valence-electron chi connectivity index (χ2n) is 5.74. The van der Waals surface area contributed by atoms with Crippen molar-refractivity contribution in [3.63, 3.8) is 0 Å². The zero-order chi connectivity index (χ0) is 13.5. The Morgan fingerprint density at radius 3 is 2.55 bits per heavy atom. The molecule has 1 N–H and O–H groups in total. The molecule has 0 radical (unpaired) electrons. The van der Waals surface area contributed by atoms with Gasteiger partial charge in [-0.25, -0.2) is 4.98 Å². The van der Waals surface area contributed by atoms with Crippen LogP contribution in [-0.2, 0) is 0 Å². The molecule has 0 spiro atoms. The molecule has 2 saturated carbocycles. The molecule has 2 aliphatic carbocycles. The van der Waals surface area contributed by atoms with Crippen molar-refractivity contribution >= 4 is 28.3 Å². The number of aromatic nitrogens is 2. The maximum absolute atomic E-state index is 5.98. The normalized spacial score (nSPS) is 19.9. The van der Waals surface area contributed by atoms with E-state index in [2.05, 4.69) is 26.8 Å². The summed E-state index contributed by atoms with van der Waals surface area (Å²) in [5.74, 6) is 2.37. The summed E-state index contributed by atoms with van der Waals surface area (Å²) in [5, 5.41) is 5.33. The highest BCUT2D eigenvalue weighted by molar-refractivity contribution is 7.09. The predicted molar refractivity (Wildman–Crippen MR) is 82.4 cm³/mol. The third-order valence-corrected chi connectivity index (χ3v) is 4.90. The molecule has 0 saturated heterocycles. The van der Waals surface area contributed by atoms with E-state index in [1.165, 1.54) is 42.8 Å². The van der Waals surface area contributed by atoms with Crippen molar-refractivity contribution in [1.82, 2.24) is 9.36 Å². The van der Waals surface area contributed by atoms with Gasteiger partial charge in [0.25, 0.3) is 0 Å². The molecule has 0 bridgehead atoms. The Balaban J connectivity index is 1.54. The number of halogens is 1. The smallest absolute Gasteiger partial charge is 0.203 e. The lowest BCUT2D eigenvalue weighted by atomic mass is 10.0. The summed E-state index contributed by atoms with van der Waals surface area (Å²) >= 11 is 7.47. The van der Waals surface area contributed by atoms with Crippen molar-refractivity contribution in [2.45, 2.75) is 37.6 Å². The zero-order valence-corrected chi connectivity index (χ0v) is 12.6. The lowest BCUT2D eigenvalue weighted by Crippen LogP contribution is -2.12. The van der Waals surface area contributed by atoms with Crippen molar-refractivity contribution < 1.29 is 0 Å². The fourth-order valence-corrected chi connectivity index (χ4v) is 3.32. The number of nitrogens with one attached hydrogen (secondary N) is 1. The summed E-state index contributed by atoms with van der Waals surface area (Å²) < 4.78 is 4.47. The van der Waals surface area contributed by atoms with E-state index in [-0.39, 0.29) is 0 Å². The Bertz CT molecular complexity index is 602. The first-order chi connectivity index (χ1) is 9.79. The van der Waals surface area contributed by atoms with Gasteiger partial charge in [-0.3, -0.25) is 0 Å². The van der Waals surface area contributed by atoms with E-state index >= 15 is 0 Å². The molecule has 1 aromatic carbocycles. The first-order valence-corrected chi connectivity index (χ1v) is 8.30. The lowest BCUT2D eigenvalue weighted by Gasteiger charge is -2.17. The summed E-state index contributed by atoms with van der Waals surface area (Å²) in [5.41, 5.74) is 1.29. The number of hydrogen-bond donors (Lipinski definition) is 1. The maximum Gasteiger partial charge on any atom is 0.203 e. The van der Waals surface area contributed by atoms with E-state index < -0.39 is 0 Å². The van der Waals surface area contributed by atoms with Gasteiger partial charge >= 0.3 is 0 Å². The van der Waals surface area contributed by atoms with Crippen LogP contribution in [0.1, 0.15) is 49.0 Å². The Labute approximate surface area is 127 Å². The quantitative estimate of drug-likeness (QED) is 0.875. The van der Waals surface area contributed by atoms with Gasteiger partial charge in [0.05, 0.1) is 6.04 Å². The number of rotatable bonds is 5. The number of hydrogen-bond acceptors (Lipinski definition) is 4. The van der Waals surface area contributed by atoms with Gasteiger partial charge < -0.3 is 5.32 Å². The van der Waals surface area contributed by atoms with E-state index in [9.17, 15) is 0 Å². The minimum Gasteiger partial charge on any atom is -0.353 e. The second-order valence-corrected chi connectivity index (χ2v) is 6.93. The van der Waals surface area contributed by atoms with Gasteiger partial charge in [0.2, 0.25) is 5.13 Å². The molecule has 5 heteroatoms. The van der Waals surface area contributed by atoms with Crippen LogP contribution in [0, 0.1) is 5.92 Å². The molecule has 4 rings (SSSR count). The van der Waals surface area contributed by atoms with E-state index in [0.717, 1.165) is 16.0 Å². The van der Waals surface area contributed by atoms with Gasteiger partial charge in [0, 0.05) is 22.5 Å². The minimum absolute atomic E-state index is 0.340. The van der Waals surface area contributed by atoms with Crippen molar-refractivity contribution in [1.29, 1.82) is 0 Å². The van der Waals surface area contributed by atoms with E-state index in [4.69, 9.17) is 11.6 Å². The standard InChI is InChI=1S/C15H16ClN3S/c16-12-7-5-10(6-8-12)13(9-1-2-9)17-15-18-14(19-20-15)11-3-4-11/h5-9,11,13H,1-4H2,(H,17,18,19). The molecule has 0 amide bonds. The molecule has 104 valence electrons. The second kappa shape index (κ2) is 5.01. The molecule has 2 fully saturated rings. The molecule has 1 heterocycles. The molecule has 1 atom stereocenters. The molecule has 1 aromatic heterocycles. The molecule has 2 aliphatic rings. The highest BCUT2D eigenvalue weighted by Gasteiger charge is 2.33. The van der Waals surface area contributed by atoms with E-state index in [0.29, 0.717) is 17.9 Å². The maximum atomic E-state index is 5.98. The van der Waals surface area contributed by atoms with Crippen LogP contribution < -0.4 is 5.32 Å². The van der Waals surface area contributed by atoms with Crippen molar-refractivity contribution in [2.75, 3.05) is 5.32 Å². The molecule has 1 unspecified atom stereocenters. The molecular formula is C15H16ClN3S. The lowest BCUT2D eigenvalue weighted by molar-refractivity contribution is 0.677. The Kier molecular flexibility index (Phi) is 3.15. The van der Waals surface area contributed by atoms with E-state index in [1.54, 1.807) is 0 Å². The number of anilines is 1. The van der Waals surface area contributed by atoms with Gasteiger partial charge in [0.1, 0.15) is 5.82 Å². The first kappa shape index (κ1) is 12.6. The van der Waals surface area contributed by atoms with Crippen molar-refractivity contribution in [3.05, 3.63) is 40.7 Å². The molecule has 0 aliphatic heterocycles. The minimum atomic E-state index is 0.340. The fraction of sp³-hybridized carbons (Fsp3) is 0.467. The van der Waals surface area contributed by atoms with E-state index in [1.807, 2.05) is 12.1 Å². The van der Waals surface area contributed by atoms with Gasteiger partial charge in [-0.05, 0) is 49.3 Å². The number of benzene rings is 1. The molecule has 2 aromatic rings. The van der Waals surface area contributed by atoms with Crippen LogP contribution >= 0.6 is 23.1 Å². The van der Waals surface area contributed by atoms with Gasteiger partial charge in [-0.2, -0.15) is 4.37 Å². The summed E-state index contributed by atoms with van der Waals surface area (Å²) in [6, 6.07) is 8.49. The van der Waals surface area contributed by atoms with Crippen LogP contribution in [0.25, 0.3) is 0 Å². The summed E-state index contributed by atoms with van der Waals surface area (Å²) in [4.78, 5) is 4.64. The van der Waals surface area contributed by atoms with Crippen LogP contribution in [0.4, 0.5) is 5.13 Å². The van der Waals surface area contributed by atoms with Gasteiger partial charge in [0.15, 0.2) is 0 Å². The van der Waals surface area contributed by atoms with Crippen LogP contribution in [0.5, 0.6) is 0 Å². The predicted octanol–water partition coefficient (Wildman–Crippen LogP) is 4.63. The monoisotopic (exact) mass is 305 g/mol. The summed E-state index contributed by atoms with van der Waals surface area (Å²) in [7, 11) is 0.